The molecular formula is C15H23NO4S. The topological polar surface area (TPSA) is 63.7 Å². The number of benzene rings is 1. The lowest BCUT2D eigenvalue weighted by molar-refractivity contribution is -0.143. The van der Waals surface area contributed by atoms with Gasteiger partial charge in [-0.25, -0.2) is 8.42 Å². The van der Waals surface area contributed by atoms with Crippen molar-refractivity contribution in [2.45, 2.75) is 32.6 Å². The predicted octanol–water partition coefficient (Wildman–Crippen LogP) is 2.20. The molecule has 1 rings (SSSR count). The molecule has 5 nitrogen and oxygen atoms in total. The van der Waals surface area contributed by atoms with Gasteiger partial charge < -0.3 is 4.74 Å². The van der Waals surface area contributed by atoms with Crippen molar-refractivity contribution in [3.05, 3.63) is 29.8 Å². The fraction of sp³-hybridized carbons (Fsp3) is 0.533. The van der Waals surface area contributed by atoms with Gasteiger partial charge in [-0.15, -0.1) is 0 Å². The van der Waals surface area contributed by atoms with Crippen molar-refractivity contribution in [2.75, 3.05) is 19.7 Å². The second-order valence-corrected chi connectivity index (χ2v) is 7.17. The van der Waals surface area contributed by atoms with Gasteiger partial charge in [-0.1, -0.05) is 32.0 Å². The average Bonchev–Trinajstić information content (AvgIpc) is 2.38. The fourth-order valence-corrected chi connectivity index (χ4v) is 3.76. The van der Waals surface area contributed by atoms with Crippen LogP contribution in [0.5, 0.6) is 0 Å². The predicted molar refractivity (Wildman–Crippen MR) is 81.4 cm³/mol. The lowest BCUT2D eigenvalue weighted by Gasteiger charge is -2.23. The third-order valence-electron chi connectivity index (χ3n) is 2.89. The molecule has 0 saturated heterocycles. The Hall–Kier alpha value is -1.40. The molecule has 1 aromatic carbocycles. The number of esters is 1. The van der Waals surface area contributed by atoms with Crippen molar-refractivity contribution in [2.24, 2.45) is 5.92 Å². The summed E-state index contributed by atoms with van der Waals surface area (Å²) in [6.45, 7) is 7.50. The number of nitrogens with zero attached hydrogens (tertiary/aromatic N) is 1. The van der Waals surface area contributed by atoms with Crippen LogP contribution in [0.4, 0.5) is 0 Å². The van der Waals surface area contributed by atoms with Crippen LogP contribution >= 0.6 is 0 Å². The number of carbonyl (C=O) groups is 1. The quantitative estimate of drug-likeness (QED) is 0.724. The summed E-state index contributed by atoms with van der Waals surface area (Å²) in [5.41, 5.74) is 0.662. The van der Waals surface area contributed by atoms with E-state index in [9.17, 15) is 13.2 Å². The molecular weight excluding hydrogens is 290 g/mol. The largest absolute Gasteiger partial charge is 0.465 e. The Morgan fingerprint density at radius 1 is 1.29 bits per heavy atom. The zero-order valence-electron chi connectivity index (χ0n) is 13.0. The summed E-state index contributed by atoms with van der Waals surface area (Å²) in [6, 6.07) is 6.76. The summed E-state index contributed by atoms with van der Waals surface area (Å²) in [5.74, 6) is -0.423. The highest BCUT2D eigenvalue weighted by Gasteiger charge is 2.28. The average molecular weight is 313 g/mol. The normalized spacial score (nSPS) is 11.9. The second-order valence-electron chi connectivity index (χ2n) is 5.26. The minimum absolute atomic E-state index is 0.109. The van der Waals surface area contributed by atoms with E-state index in [1.807, 2.05) is 13.8 Å². The second kappa shape index (κ2) is 7.56. The molecule has 0 unspecified atom stereocenters. The van der Waals surface area contributed by atoms with Gasteiger partial charge in [0.2, 0.25) is 10.0 Å². The summed E-state index contributed by atoms with van der Waals surface area (Å²) in [6.07, 6.45) is 0. The van der Waals surface area contributed by atoms with Crippen LogP contribution in [0.15, 0.2) is 29.2 Å². The highest BCUT2D eigenvalue weighted by Crippen LogP contribution is 2.20. The third-order valence-corrected chi connectivity index (χ3v) is 4.86. The Balaban J connectivity index is 3.12. The molecule has 1 aromatic rings. The van der Waals surface area contributed by atoms with E-state index in [1.165, 1.54) is 4.31 Å². The van der Waals surface area contributed by atoms with Gasteiger partial charge in [0.25, 0.3) is 0 Å². The molecule has 0 radical (unpaired) electrons. The standard InChI is InChI=1S/C15H23NO4S/c1-5-20-15(17)11-16(10-12(2)3)21(18,19)14-9-7-6-8-13(14)4/h6-9,12H,5,10-11H2,1-4H3. The smallest absolute Gasteiger partial charge is 0.321 e. The molecule has 0 fully saturated rings. The number of hydrogen-bond donors (Lipinski definition) is 0. The molecule has 0 atom stereocenters. The Labute approximate surface area is 127 Å². The summed E-state index contributed by atoms with van der Waals surface area (Å²) in [4.78, 5) is 11.9. The zero-order chi connectivity index (χ0) is 16.0. The summed E-state index contributed by atoms with van der Waals surface area (Å²) in [5, 5.41) is 0. The number of sulfonamides is 1. The molecule has 0 saturated carbocycles. The molecule has 118 valence electrons. The van der Waals surface area contributed by atoms with Crippen LogP contribution in [-0.4, -0.2) is 38.4 Å². The molecule has 0 aliphatic carbocycles. The Morgan fingerprint density at radius 3 is 2.43 bits per heavy atom. The van der Waals surface area contributed by atoms with E-state index < -0.39 is 16.0 Å². The first-order chi connectivity index (χ1) is 9.78. The first-order valence-corrected chi connectivity index (χ1v) is 8.44. The number of hydrogen-bond acceptors (Lipinski definition) is 4. The van der Waals surface area contributed by atoms with Crippen LogP contribution in [0.25, 0.3) is 0 Å². The van der Waals surface area contributed by atoms with Crippen LogP contribution < -0.4 is 0 Å². The molecule has 0 spiro atoms. The molecule has 0 bridgehead atoms. The minimum atomic E-state index is -3.71. The van der Waals surface area contributed by atoms with Crippen LogP contribution in [0, 0.1) is 12.8 Å². The third kappa shape index (κ3) is 4.82. The van der Waals surface area contributed by atoms with Gasteiger partial charge in [0.05, 0.1) is 11.5 Å². The van der Waals surface area contributed by atoms with E-state index in [-0.39, 0.29) is 30.5 Å². The van der Waals surface area contributed by atoms with Gasteiger partial charge in [-0.2, -0.15) is 4.31 Å². The summed E-state index contributed by atoms with van der Waals surface area (Å²) >= 11 is 0. The van der Waals surface area contributed by atoms with Crippen molar-refractivity contribution >= 4 is 16.0 Å². The monoisotopic (exact) mass is 313 g/mol. The Morgan fingerprint density at radius 2 is 1.90 bits per heavy atom. The summed E-state index contributed by atoms with van der Waals surface area (Å²) in [7, 11) is -3.71. The van der Waals surface area contributed by atoms with E-state index in [1.54, 1.807) is 38.1 Å². The van der Waals surface area contributed by atoms with Crippen LogP contribution in [0.2, 0.25) is 0 Å². The van der Waals surface area contributed by atoms with Crippen molar-refractivity contribution < 1.29 is 17.9 Å². The van der Waals surface area contributed by atoms with Gasteiger partial charge in [0.1, 0.15) is 6.54 Å². The first-order valence-electron chi connectivity index (χ1n) is 7.00. The molecule has 0 aromatic heterocycles. The fourth-order valence-electron chi connectivity index (χ4n) is 1.99. The maximum atomic E-state index is 12.7. The molecule has 21 heavy (non-hydrogen) atoms. The van der Waals surface area contributed by atoms with Gasteiger partial charge in [0, 0.05) is 6.54 Å². The van der Waals surface area contributed by atoms with Crippen molar-refractivity contribution in [1.29, 1.82) is 0 Å². The zero-order valence-corrected chi connectivity index (χ0v) is 13.8. The number of rotatable bonds is 7. The van der Waals surface area contributed by atoms with E-state index in [0.717, 1.165) is 0 Å². The molecule has 0 aliphatic rings. The van der Waals surface area contributed by atoms with Gasteiger partial charge in [-0.3, -0.25) is 4.79 Å². The molecule has 6 heteroatoms. The van der Waals surface area contributed by atoms with E-state index in [4.69, 9.17) is 4.74 Å². The van der Waals surface area contributed by atoms with Crippen molar-refractivity contribution in [1.82, 2.24) is 4.31 Å². The first kappa shape index (κ1) is 17.7. The minimum Gasteiger partial charge on any atom is -0.465 e. The highest BCUT2D eigenvalue weighted by atomic mass is 32.2. The number of ether oxygens (including phenoxy) is 1. The van der Waals surface area contributed by atoms with Gasteiger partial charge >= 0.3 is 5.97 Å². The highest BCUT2D eigenvalue weighted by molar-refractivity contribution is 7.89. The van der Waals surface area contributed by atoms with Gasteiger partial charge in [-0.05, 0) is 31.4 Å². The van der Waals surface area contributed by atoms with E-state index in [0.29, 0.717) is 5.56 Å². The van der Waals surface area contributed by atoms with Gasteiger partial charge in [0.15, 0.2) is 0 Å². The van der Waals surface area contributed by atoms with Crippen LogP contribution in [0.1, 0.15) is 26.3 Å². The Bertz CT molecular complexity index is 581. The van der Waals surface area contributed by atoms with Crippen molar-refractivity contribution in [3.63, 3.8) is 0 Å². The van der Waals surface area contributed by atoms with Crippen LogP contribution in [0.3, 0.4) is 0 Å². The Kier molecular flexibility index (Phi) is 6.36. The number of aryl methyl sites for hydroxylation is 1. The van der Waals surface area contributed by atoms with E-state index in [2.05, 4.69) is 0 Å². The maximum Gasteiger partial charge on any atom is 0.321 e. The lowest BCUT2D eigenvalue weighted by Crippen LogP contribution is -2.39. The molecule has 0 N–H and O–H groups in total. The maximum absolute atomic E-state index is 12.7. The van der Waals surface area contributed by atoms with Crippen LogP contribution in [-0.2, 0) is 19.6 Å². The molecule has 0 heterocycles. The lowest BCUT2D eigenvalue weighted by atomic mass is 10.2. The molecule has 0 amide bonds. The summed E-state index contributed by atoms with van der Waals surface area (Å²) < 4.78 is 31.6. The van der Waals surface area contributed by atoms with E-state index >= 15 is 0 Å². The number of carbonyl (C=O) groups excluding carboxylic acids is 1. The van der Waals surface area contributed by atoms with Crippen molar-refractivity contribution in [3.8, 4) is 0 Å². The molecule has 0 aliphatic heterocycles. The SMILES string of the molecule is CCOC(=O)CN(CC(C)C)S(=O)(=O)c1ccccc1C.